The molecule has 0 amide bonds. The molecule has 1 aliphatic rings. The molecule has 0 aromatic heterocycles. The van der Waals surface area contributed by atoms with E-state index in [2.05, 4.69) is 5.32 Å². The fraction of sp³-hybridized carbons (Fsp3) is 1.00. The van der Waals surface area contributed by atoms with Gasteiger partial charge in [-0.05, 0) is 25.7 Å². The first-order valence-corrected chi connectivity index (χ1v) is 5.35. The number of nitrogens with one attached hydrogen (secondary N) is 1. The van der Waals surface area contributed by atoms with Crippen molar-refractivity contribution in [1.82, 2.24) is 5.32 Å². The molecule has 90 valence electrons. The zero-order valence-corrected chi connectivity index (χ0v) is 9.35. The standard InChI is InChI=1S/C10H21NO4/c1-14-10(15-2)9(13)11-7-3-5-8(12)6-4-7/h7-13H,3-6H2,1-2H3. The minimum Gasteiger partial charge on any atom is -0.393 e. The minimum atomic E-state index is -0.819. The normalized spacial score (nSPS) is 29.4. The highest BCUT2D eigenvalue weighted by Gasteiger charge is 2.24. The quantitative estimate of drug-likeness (QED) is 0.559. The molecule has 5 heteroatoms. The minimum absolute atomic E-state index is 0.180. The van der Waals surface area contributed by atoms with E-state index in [1.807, 2.05) is 0 Å². The Labute approximate surface area is 90.4 Å². The molecule has 0 spiro atoms. The zero-order valence-electron chi connectivity index (χ0n) is 9.35. The predicted octanol–water partition coefficient (Wildman–Crippen LogP) is -0.183. The lowest BCUT2D eigenvalue weighted by molar-refractivity contribution is -0.176. The van der Waals surface area contributed by atoms with Gasteiger partial charge in [0.25, 0.3) is 0 Å². The molecule has 1 fully saturated rings. The first-order chi connectivity index (χ1) is 7.17. The van der Waals surface area contributed by atoms with Crippen molar-refractivity contribution in [3.05, 3.63) is 0 Å². The Kier molecular flexibility index (Phi) is 5.49. The Morgan fingerprint density at radius 1 is 1.13 bits per heavy atom. The number of aliphatic hydroxyl groups excluding tert-OH is 2. The lowest BCUT2D eigenvalue weighted by Gasteiger charge is -2.30. The van der Waals surface area contributed by atoms with E-state index < -0.39 is 12.5 Å². The molecule has 0 aromatic rings. The van der Waals surface area contributed by atoms with Crippen molar-refractivity contribution in [2.45, 2.75) is 50.3 Å². The highest BCUT2D eigenvalue weighted by atomic mass is 16.7. The van der Waals surface area contributed by atoms with E-state index in [1.165, 1.54) is 14.2 Å². The second-order valence-corrected chi connectivity index (χ2v) is 3.96. The Morgan fingerprint density at radius 2 is 1.67 bits per heavy atom. The van der Waals surface area contributed by atoms with Crippen molar-refractivity contribution in [3.63, 3.8) is 0 Å². The van der Waals surface area contributed by atoms with Crippen LogP contribution in [0.5, 0.6) is 0 Å². The van der Waals surface area contributed by atoms with Crippen LogP contribution in [-0.2, 0) is 9.47 Å². The molecule has 0 saturated heterocycles. The van der Waals surface area contributed by atoms with Gasteiger partial charge >= 0.3 is 0 Å². The third kappa shape index (κ3) is 4.04. The molecule has 0 aromatic carbocycles. The maximum absolute atomic E-state index is 9.70. The summed E-state index contributed by atoms with van der Waals surface area (Å²) in [5.74, 6) is 0. The molecular weight excluding hydrogens is 198 g/mol. The Balaban J connectivity index is 2.28. The smallest absolute Gasteiger partial charge is 0.196 e. The van der Waals surface area contributed by atoms with E-state index in [0.29, 0.717) is 0 Å². The van der Waals surface area contributed by atoms with E-state index in [4.69, 9.17) is 9.47 Å². The largest absolute Gasteiger partial charge is 0.393 e. The molecule has 1 atom stereocenters. The predicted molar refractivity (Wildman–Crippen MR) is 55.2 cm³/mol. The van der Waals surface area contributed by atoms with Crippen LogP contribution in [0.2, 0.25) is 0 Å². The average molecular weight is 219 g/mol. The first kappa shape index (κ1) is 12.9. The SMILES string of the molecule is COC(OC)C(O)NC1CCC(O)CC1. The maximum Gasteiger partial charge on any atom is 0.196 e. The molecular formula is C10H21NO4. The Hall–Kier alpha value is -0.200. The molecule has 3 N–H and O–H groups in total. The number of hydrogen-bond donors (Lipinski definition) is 3. The van der Waals surface area contributed by atoms with Crippen LogP contribution < -0.4 is 5.32 Å². The summed E-state index contributed by atoms with van der Waals surface area (Å²) < 4.78 is 9.88. The summed E-state index contributed by atoms with van der Waals surface area (Å²) in [5, 5.41) is 22.1. The van der Waals surface area contributed by atoms with Gasteiger partial charge in [0.05, 0.1) is 6.10 Å². The number of methoxy groups -OCH3 is 2. The van der Waals surface area contributed by atoms with E-state index in [0.717, 1.165) is 25.7 Å². The van der Waals surface area contributed by atoms with Crippen LogP contribution in [0.3, 0.4) is 0 Å². The second-order valence-electron chi connectivity index (χ2n) is 3.96. The number of ether oxygens (including phenoxy) is 2. The third-order valence-electron chi connectivity index (χ3n) is 2.83. The Bertz CT molecular complexity index is 167. The van der Waals surface area contributed by atoms with Crippen molar-refractivity contribution in [2.24, 2.45) is 0 Å². The summed E-state index contributed by atoms with van der Waals surface area (Å²) in [6.45, 7) is 0. The van der Waals surface area contributed by atoms with Crippen LogP contribution in [0.25, 0.3) is 0 Å². The van der Waals surface area contributed by atoms with Crippen LogP contribution in [0.15, 0.2) is 0 Å². The number of hydrogen-bond acceptors (Lipinski definition) is 5. The van der Waals surface area contributed by atoms with Gasteiger partial charge in [-0.1, -0.05) is 0 Å². The Morgan fingerprint density at radius 3 is 2.13 bits per heavy atom. The summed E-state index contributed by atoms with van der Waals surface area (Å²) >= 11 is 0. The zero-order chi connectivity index (χ0) is 11.3. The summed E-state index contributed by atoms with van der Waals surface area (Å²) in [7, 11) is 2.98. The lowest BCUT2D eigenvalue weighted by Crippen LogP contribution is -2.48. The van der Waals surface area contributed by atoms with Crippen molar-refractivity contribution in [2.75, 3.05) is 14.2 Å². The summed E-state index contributed by atoms with van der Waals surface area (Å²) in [6.07, 6.45) is 1.68. The highest BCUT2D eigenvalue weighted by Crippen LogP contribution is 2.18. The molecule has 5 nitrogen and oxygen atoms in total. The fourth-order valence-corrected chi connectivity index (χ4v) is 1.92. The molecule has 0 aliphatic heterocycles. The van der Waals surface area contributed by atoms with Crippen LogP contribution >= 0.6 is 0 Å². The van der Waals surface area contributed by atoms with Crippen molar-refractivity contribution in [3.8, 4) is 0 Å². The van der Waals surface area contributed by atoms with Gasteiger partial charge in [0.1, 0.15) is 0 Å². The van der Waals surface area contributed by atoms with Crippen LogP contribution in [0.1, 0.15) is 25.7 Å². The van der Waals surface area contributed by atoms with E-state index in [9.17, 15) is 10.2 Å². The van der Waals surface area contributed by atoms with Gasteiger partial charge in [0, 0.05) is 20.3 Å². The molecule has 0 radical (unpaired) electrons. The molecule has 1 aliphatic carbocycles. The summed E-state index contributed by atoms with van der Waals surface area (Å²) in [5.41, 5.74) is 0. The van der Waals surface area contributed by atoms with Gasteiger partial charge in [-0.2, -0.15) is 0 Å². The molecule has 0 bridgehead atoms. The molecule has 1 rings (SSSR count). The third-order valence-corrected chi connectivity index (χ3v) is 2.83. The van der Waals surface area contributed by atoms with Gasteiger partial charge in [0.2, 0.25) is 0 Å². The molecule has 1 unspecified atom stereocenters. The molecule has 1 saturated carbocycles. The van der Waals surface area contributed by atoms with Crippen LogP contribution in [0, 0.1) is 0 Å². The topological polar surface area (TPSA) is 71.0 Å². The summed E-state index contributed by atoms with van der Waals surface area (Å²) in [6, 6.07) is 0.233. The van der Waals surface area contributed by atoms with Gasteiger partial charge in [-0.15, -0.1) is 0 Å². The molecule has 15 heavy (non-hydrogen) atoms. The average Bonchev–Trinajstić information content (AvgIpc) is 2.23. The van der Waals surface area contributed by atoms with E-state index in [1.54, 1.807) is 0 Å². The van der Waals surface area contributed by atoms with Crippen LogP contribution in [-0.4, -0.2) is 49.1 Å². The first-order valence-electron chi connectivity index (χ1n) is 5.35. The van der Waals surface area contributed by atoms with Gasteiger partial charge in [-0.3, -0.25) is 5.32 Å². The maximum atomic E-state index is 9.70. The van der Waals surface area contributed by atoms with E-state index in [-0.39, 0.29) is 12.1 Å². The lowest BCUT2D eigenvalue weighted by atomic mass is 9.93. The van der Waals surface area contributed by atoms with E-state index >= 15 is 0 Å². The monoisotopic (exact) mass is 219 g/mol. The van der Waals surface area contributed by atoms with Crippen LogP contribution in [0.4, 0.5) is 0 Å². The molecule has 0 heterocycles. The number of rotatable bonds is 5. The summed E-state index contributed by atoms with van der Waals surface area (Å²) in [4.78, 5) is 0. The van der Waals surface area contributed by atoms with Crippen molar-refractivity contribution >= 4 is 0 Å². The highest BCUT2D eigenvalue weighted by molar-refractivity contribution is 4.78. The number of aliphatic hydroxyl groups is 2. The van der Waals surface area contributed by atoms with Gasteiger partial charge in [-0.25, -0.2) is 0 Å². The van der Waals surface area contributed by atoms with Gasteiger partial charge < -0.3 is 19.7 Å². The van der Waals surface area contributed by atoms with Crippen molar-refractivity contribution < 1.29 is 19.7 Å². The van der Waals surface area contributed by atoms with Gasteiger partial charge in [0.15, 0.2) is 12.5 Å². The second kappa shape index (κ2) is 6.40. The van der Waals surface area contributed by atoms with Crippen molar-refractivity contribution in [1.29, 1.82) is 0 Å². The fourth-order valence-electron chi connectivity index (χ4n) is 1.92.